The number of hydrogen-bond donors (Lipinski definition) is 2. The summed E-state index contributed by atoms with van der Waals surface area (Å²) in [4.78, 5) is 15.9. The third-order valence-corrected chi connectivity index (χ3v) is 3.84. The van der Waals surface area contributed by atoms with Crippen molar-refractivity contribution in [3.05, 3.63) is 59.0 Å². The van der Waals surface area contributed by atoms with Crippen molar-refractivity contribution in [3.63, 3.8) is 0 Å². The molecule has 1 aromatic heterocycles. The number of nitrogens with two attached hydrogens (primary N) is 1. The number of nitrogens with zero attached hydrogens (tertiary/aromatic N) is 1. The maximum Gasteiger partial charge on any atom is 0.254 e. The molecular formula is C16H16FN3O. The van der Waals surface area contributed by atoms with E-state index in [9.17, 15) is 9.18 Å². The third-order valence-electron chi connectivity index (χ3n) is 3.84. The van der Waals surface area contributed by atoms with E-state index in [4.69, 9.17) is 5.73 Å². The van der Waals surface area contributed by atoms with Gasteiger partial charge in [0.25, 0.3) is 5.91 Å². The molecule has 1 aliphatic carbocycles. The highest BCUT2D eigenvalue weighted by molar-refractivity contribution is 5.95. The molecule has 1 heterocycles. The Labute approximate surface area is 122 Å². The maximum atomic E-state index is 13.9. The predicted molar refractivity (Wildman–Crippen MR) is 78.2 cm³/mol. The lowest BCUT2D eigenvalue weighted by Gasteiger charge is -2.26. The molecule has 0 saturated heterocycles. The molecular weight excluding hydrogens is 269 g/mol. The summed E-state index contributed by atoms with van der Waals surface area (Å²) >= 11 is 0. The van der Waals surface area contributed by atoms with Gasteiger partial charge in [0.05, 0.1) is 11.6 Å². The number of halogens is 1. The zero-order chi connectivity index (χ0) is 14.8. The highest BCUT2D eigenvalue weighted by Crippen LogP contribution is 2.29. The van der Waals surface area contributed by atoms with E-state index in [0.29, 0.717) is 0 Å². The molecule has 3 N–H and O–H groups in total. The molecule has 1 amide bonds. The van der Waals surface area contributed by atoms with Crippen molar-refractivity contribution >= 4 is 11.7 Å². The lowest BCUT2D eigenvalue weighted by atomic mass is 9.87. The molecule has 0 fully saturated rings. The second kappa shape index (κ2) is 5.52. The van der Waals surface area contributed by atoms with E-state index in [0.717, 1.165) is 24.8 Å². The van der Waals surface area contributed by atoms with Gasteiger partial charge in [-0.3, -0.25) is 4.79 Å². The first-order valence-corrected chi connectivity index (χ1v) is 6.95. The summed E-state index contributed by atoms with van der Waals surface area (Å²) in [6, 6.07) is 9.28. The molecule has 0 radical (unpaired) electrons. The van der Waals surface area contributed by atoms with Gasteiger partial charge in [0.15, 0.2) is 11.6 Å². The number of hydrogen-bond acceptors (Lipinski definition) is 3. The van der Waals surface area contributed by atoms with E-state index in [2.05, 4.69) is 16.4 Å². The molecule has 4 nitrogen and oxygen atoms in total. The summed E-state index contributed by atoms with van der Waals surface area (Å²) < 4.78 is 13.9. The molecule has 0 bridgehead atoms. The molecule has 108 valence electrons. The molecule has 1 unspecified atom stereocenters. The molecule has 0 spiro atoms. The molecule has 1 aromatic carbocycles. The first-order valence-electron chi connectivity index (χ1n) is 6.95. The SMILES string of the molecule is Nc1nccc(C(=O)NC2CCCc3ccccc32)c1F. The number of carbonyl (C=O) groups excluding carboxylic acids is 1. The van der Waals surface area contributed by atoms with Crippen LogP contribution in [0.25, 0.3) is 0 Å². The number of pyridine rings is 1. The quantitative estimate of drug-likeness (QED) is 0.891. The first-order chi connectivity index (χ1) is 10.2. The zero-order valence-corrected chi connectivity index (χ0v) is 11.5. The molecule has 1 atom stereocenters. The average molecular weight is 285 g/mol. The monoisotopic (exact) mass is 285 g/mol. The van der Waals surface area contributed by atoms with Gasteiger partial charge >= 0.3 is 0 Å². The largest absolute Gasteiger partial charge is 0.381 e. The molecule has 3 rings (SSSR count). The number of carbonyl (C=O) groups is 1. The number of fused-ring (bicyclic) bond motifs is 1. The number of nitrogen functional groups attached to an aromatic ring is 1. The van der Waals surface area contributed by atoms with Crippen LogP contribution in [0.4, 0.5) is 10.2 Å². The van der Waals surface area contributed by atoms with Gasteiger partial charge in [-0.15, -0.1) is 0 Å². The number of amides is 1. The van der Waals surface area contributed by atoms with Crippen molar-refractivity contribution in [1.29, 1.82) is 0 Å². The molecule has 0 aliphatic heterocycles. The average Bonchev–Trinajstić information content (AvgIpc) is 2.50. The number of anilines is 1. The van der Waals surface area contributed by atoms with Crippen LogP contribution in [-0.4, -0.2) is 10.9 Å². The van der Waals surface area contributed by atoms with E-state index in [1.54, 1.807) is 0 Å². The molecule has 21 heavy (non-hydrogen) atoms. The van der Waals surface area contributed by atoms with E-state index < -0.39 is 11.7 Å². The smallest absolute Gasteiger partial charge is 0.254 e. The van der Waals surface area contributed by atoms with Crippen molar-refractivity contribution in [2.45, 2.75) is 25.3 Å². The Morgan fingerprint density at radius 2 is 2.14 bits per heavy atom. The second-order valence-electron chi connectivity index (χ2n) is 5.17. The molecule has 5 heteroatoms. The van der Waals surface area contributed by atoms with Gasteiger partial charge in [0.2, 0.25) is 0 Å². The van der Waals surface area contributed by atoms with Crippen LogP contribution < -0.4 is 11.1 Å². The minimum absolute atomic E-state index is 0.0643. The molecule has 1 aliphatic rings. The fourth-order valence-corrected chi connectivity index (χ4v) is 2.78. The Bertz CT molecular complexity index is 687. The van der Waals surface area contributed by atoms with E-state index in [1.807, 2.05) is 18.2 Å². The van der Waals surface area contributed by atoms with E-state index >= 15 is 0 Å². The zero-order valence-electron chi connectivity index (χ0n) is 11.5. The Kier molecular flexibility index (Phi) is 3.56. The summed E-state index contributed by atoms with van der Waals surface area (Å²) in [7, 11) is 0. The minimum atomic E-state index is -0.765. The Morgan fingerprint density at radius 3 is 3.00 bits per heavy atom. The number of benzene rings is 1. The number of aromatic nitrogens is 1. The van der Waals surface area contributed by atoms with Crippen LogP contribution in [0, 0.1) is 5.82 Å². The van der Waals surface area contributed by atoms with E-state index in [1.165, 1.54) is 17.8 Å². The Hall–Kier alpha value is -2.43. The normalized spacial score (nSPS) is 17.1. The van der Waals surface area contributed by atoms with Gasteiger partial charge in [-0.25, -0.2) is 9.37 Å². The van der Waals surface area contributed by atoms with Crippen LogP contribution in [0.2, 0.25) is 0 Å². The molecule has 0 saturated carbocycles. The van der Waals surface area contributed by atoms with Crippen molar-refractivity contribution in [2.75, 3.05) is 5.73 Å². The van der Waals surface area contributed by atoms with Crippen LogP contribution in [0.1, 0.15) is 40.4 Å². The van der Waals surface area contributed by atoms with Gasteiger partial charge in [-0.2, -0.15) is 0 Å². The van der Waals surface area contributed by atoms with Gasteiger partial charge < -0.3 is 11.1 Å². The fraction of sp³-hybridized carbons (Fsp3) is 0.250. The van der Waals surface area contributed by atoms with Gasteiger partial charge in [-0.1, -0.05) is 24.3 Å². The summed E-state index contributed by atoms with van der Waals surface area (Å²) in [5.74, 6) is -1.48. The lowest BCUT2D eigenvalue weighted by molar-refractivity contribution is 0.0928. The van der Waals surface area contributed by atoms with Crippen LogP contribution in [-0.2, 0) is 6.42 Å². The van der Waals surface area contributed by atoms with Gasteiger partial charge in [0, 0.05) is 6.20 Å². The topological polar surface area (TPSA) is 68.0 Å². The summed E-state index contributed by atoms with van der Waals surface area (Å²) in [5, 5.41) is 2.90. The van der Waals surface area contributed by atoms with E-state index in [-0.39, 0.29) is 17.4 Å². The van der Waals surface area contributed by atoms with Crippen LogP contribution in [0.15, 0.2) is 36.5 Å². The Morgan fingerprint density at radius 1 is 1.33 bits per heavy atom. The Balaban J connectivity index is 1.85. The summed E-state index contributed by atoms with van der Waals surface area (Å²) in [5.41, 5.74) is 7.69. The number of nitrogens with one attached hydrogen (secondary N) is 1. The standard InChI is InChI=1S/C16H16FN3O/c17-14-12(8-9-19-15(14)18)16(21)20-13-7-3-5-10-4-1-2-6-11(10)13/h1-2,4,6,8-9,13H,3,5,7H2,(H2,18,19)(H,20,21). The van der Waals surface area contributed by atoms with Crippen molar-refractivity contribution in [3.8, 4) is 0 Å². The molecule has 2 aromatic rings. The van der Waals surface area contributed by atoms with Crippen LogP contribution in [0.3, 0.4) is 0 Å². The first kappa shape index (κ1) is 13.5. The van der Waals surface area contributed by atoms with Crippen molar-refractivity contribution < 1.29 is 9.18 Å². The van der Waals surface area contributed by atoms with Crippen molar-refractivity contribution in [1.82, 2.24) is 10.3 Å². The minimum Gasteiger partial charge on any atom is -0.381 e. The van der Waals surface area contributed by atoms with Gasteiger partial charge in [-0.05, 0) is 36.5 Å². The third kappa shape index (κ3) is 2.59. The fourth-order valence-electron chi connectivity index (χ4n) is 2.78. The lowest BCUT2D eigenvalue weighted by Crippen LogP contribution is -2.31. The summed E-state index contributed by atoms with van der Waals surface area (Å²) in [6.45, 7) is 0. The van der Waals surface area contributed by atoms with Crippen molar-refractivity contribution in [2.24, 2.45) is 0 Å². The van der Waals surface area contributed by atoms with Crippen LogP contribution >= 0.6 is 0 Å². The summed E-state index contributed by atoms with van der Waals surface area (Å²) in [6.07, 6.45) is 4.20. The number of aryl methyl sites for hydroxylation is 1. The van der Waals surface area contributed by atoms with Crippen LogP contribution in [0.5, 0.6) is 0 Å². The predicted octanol–water partition coefficient (Wildman–Crippen LogP) is 2.61. The highest BCUT2D eigenvalue weighted by Gasteiger charge is 2.23. The number of rotatable bonds is 2. The maximum absolute atomic E-state index is 13.9. The highest BCUT2D eigenvalue weighted by atomic mass is 19.1. The van der Waals surface area contributed by atoms with Gasteiger partial charge in [0.1, 0.15) is 0 Å². The second-order valence-corrected chi connectivity index (χ2v) is 5.17.